The van der Waals surface area contributed by atoms with Gasteiger partial charge in [0.05, 0.1) is 18.7 Å². The standard InChI is InChI=1S/C14H16Br2O3/c1-18-11-7-9(8-5-3-4-6-10(8)17)12(15)13(16)14(11)19-2/h7-8H,3-6H2,1-2H3. The highest BCUT2D eigenvalue weighted by Gasteiger charge is 2.28. The van der Waals surface area contributed by atoms with E-state index < -0.39 is 0 Å². The highest BCUT2D eigenvalue weighted by Crippen LogP contribution is 2.46. The van der Waals surface area contributed by atoms with Crippen molar-refractivity contribution in [1.29, 1.82) is 0 Å². The number of benzene rings is 1. The van der Waals surface area contributed by atoms with Crippen LogP contribution in [-0.4, -0.2) is 20.0 Å². The lowest BCUT2D eigenvalue weighted by molar-refractivity contribution is -0.121. The average Bonchev–Trinajstić information content (AvgIpc) is 2.42. The van der Waals surface area contributed by atoms with Crippen molar-refractivity contribution in [3.63, 3.8) is 0 Å². The summed E-state index contributed by atoms with van der Waals surface area (Å²) in [6.45, 7) is 0. The van der Waals surface area contributed by atoms with Gasteiger partial charge < -0.3 is 9.47 Å². The number of hydrogen-bond acceptors (Lipinski definition) is 3. The molecule has 1 aromatic carbocycles. The van der Waals surface area contributed by atoms with Crippen LogP contribution < -0.4 is 9.47 Å². The summed E-state index contributed by atoms with van der Waals surface area (Å²) in [7, 11) is 3.20. The molecule has 1 aliphatic rings. The van der Waals surface area contributed by atoms with Crippen LogP contribution in [0.2, 0.25) is 0 Å². The molecule has 2 rings (SSSR count). The Balaban J connectivity index is 2.51. The number of ketones is 1. The number of ether oxygens (including phenoxy) is 2. The van der Waals surface area contributed by atoms with Crippen molar-refractivity contribution in [3.8, 4) is 11.5 Å². The van der Waals surface area contributed by atoms with E-state index in [0.717, 1.165) is 33.8 Å². The molecule has 0 saturated heterocycles. The van der Waals surface area contributed by atoms with Crippen LogP contribution in [0, 0.1) is 0 Å². The predicted octanol–water partition coefficient (Wildman–Crippen LogP) is 4.46. The lowest BCUT2D eigenvalue weighted by Gasteiger charge is -2.24. The molecule has 5 heteroatoms. The van der Waals surface area contributed by atoms with Crippen LogP contribution >= 0.6 is 31.9 Å². The summed E-state index contributed by atoms with van der Waals surface area (Å²) >= 11 is 7.07. The van der Waals surface area contributed by atoms with Gasteiger partial charge in [-0.3, -0.25) is 4.79 Å². The summed E-state index contributed by atoms with van der Waals surface area (Å²) in [5.41, 5.74) is 0.981. The van der Waals surface area contributed by atoms with Gasteiger partial charge in [-0.15, -0.1) is 0 Å². The molecule has 19 heavy (non-hydrogen) atoms. The molecule has 104 valence electrons. The molecule has 1 aromatic rings. The van der Waals surface area contributed by atoms with Crippen molar-refractivity contribution in [2.24, 2.45) is 0 Å². The molecule has 0 bridgehead atoms. The van der Waals surface area contributed by atoms with Gasteiger partial charge in [-0.2, -0.15) is 0 Å². The Morgan fingerprint density at radius 2 is 1.89 bits per heavy atom. The molecule has 1 saturated carbocycles. The molecule has 1 fully saturated rings. The van der Waals surface area contributed by atoms with E-state index in [1.165, 1.54) is 0 Å². The first kappa shape index (κ1) is 14.9. The Labute approximate surface area is 129 Å². The average molecular weight is 392 g/mol. The minimum absolute atomic E-state index is 0.0424. The van der Waals surface area contributed by atoms with Gasteiger partial charge in [0.25, 0.3) is 0 Å². The van der Waals surface area contributed by atoms with Gasteiger partial charge in [0.1, 0.15) is 5.78 Å². The van der Waals surface area contributed by atoms with E-state index in [1.807, 2.05) is 6.07 Å². The summed E-state index contributed by atoms with van der Waals surface area (Å²) in [5, 5.41) is 0. The predicted molar refractivity (Wildman–Crippen MR) is 81.2 cm³/mol. The maximum atomic E-state index is 12.1. The van der Waals surface area contributed by atoms with E-state index >= 15 is 0 Å². The van der Waals surface area contributed by atoms with Gasteiger partial charge in [0.15, 0.2) is 11.5 Å². The summed E-state index contributed by atoms with van der Waals surface area (Å²) < 4.78 is 12.4. The number of hydrogen-bond donors (Lipinski definition) is 0. The molecule has 0 spiro atoms. The molecule has 0 heterocycles. The van der Waals surface area contributed by atoms with Gasteiger partial charge in [-0.05, 0) is 56.3 Å². The number of Topliss-reactive ketones (excluding diaryl/α,β-unsaturated/α-hetero) is 1. The van der Waals surface area contributed by atoms with E-state index in [2.05, 4.69) is 31.9 Å². The summed E-state index contributed by atoms with van der Waals surface area (Å²) in [4.78, 5) is 12.1. The summed E-state index contributed by atoms with van der Waals surface area (Å²) in [5.74, 6) is 1.55. The van der Waals surface area contributed by atoms with E-state index in [9.17, 15) is 4.79 Å². The maximum Gasteiger partial charge on any atom is 0.176 e. The fourth-order valence-corrected chi connectivity index (χ4v) is 3.67. The Morgan fingerprint density at radius 3 is 2.47 bits per heavy atom. The number of carbonyl (C=O) groups is 1. The summed E-state index contributed by atoms with van der Waals surface area (Å²) in [6, 6.07) is 1.90. The quantitative estimate of drug-likeness (QED) is 0.763. The maximum absolute atomic E-state index is 12.1. The van der Waals surface area contributed by atoms with Crippen LogP contribution in [0.1, 0.15) is 37.2 Å². The fourth-order valence-electron chi connectivity index (χ4n) is 2.51. The molecule has 0 aromatic heterocycles. The topological polar surface area (TPSA) is 35.5 Å². The zero-order valence-electron chi connectivity index (χ0n) is 11.0. The highest BCUT2D eigenvalue weighted by molar-refractivity contribution is 9.13. The molecule has 0 aliphatic heterocycles. The first-order valence-electron chi connectivity index (χ1n) is 6.22. The van der Waals surface area contributed by atoms with Crippen LogP contribution in [0.15, 0.2) is 15.0 Å². The largest absolute Gasteiger partial charge is 0.493 e. The van der Waals surface area contributed by atoms with E-state index in [0.29, 0.717) is 23.7 Å². The van der Waals surface area contributed by atoms with Gasteiger partial charge in [0, 0.05) is 16.8 Å². The molecule has 0 N–H and O–H groups in total. The van der Waals surface area contributed by atoms with Crippen molar-refractivity contribution in [2.45, 2.75) is 31.6 Å². The smallest absolute Gasteiger partial charge is 0.176 e. The molecular formula is C14H16Br2O3. The Kier molecular flexibility index (Phi) is 4.90. The molecule has 3 nitrogen and oxygen atoms in total. The fraction of sp³-hybridized carbons (Fsp3) is 0.500. The van der Waals surface area contributed by atoms with E-state index in [4.69, 9.17) is 9.47 Å². The van der Waals surface area contributed by atoms with Crippen molar-refractivity contribution in [2.75, 3.05) is 14.2 Å². The van der Waals surface area contributed by atoms with Crippen LogP contribution in [0.4, 0.5) is 0 Å². The third-order valence-electron chi connectivity index (χ3n) is 3.51. The molecular weight excluding hydrogens is 376 g/mol. The van der Waals surface area contributed by atoms with Crippen LogP contribution in [0.25, 0.3) is 0 Å². The molecule has 1 unspecified atom stereocenters. The number of carbonyl (C=O) groups excluding carboxylic acids is 1. The Bertz CT molecular complexity index is 500. The number of rotatable bonds is 3. The Hall–Kier alpha value is -0.550. The highest BCUT2D eigenvalue weighted by atomic mass is 79.9. The molecule has 1 atom stereocenters. The Morgan fingerprint density at radius 1 is 1.16 bits per heavy atom. The van der Waals surface area contributed by atoms with Crippen LogP contribution in [-0.2, 0) is 4.79 Å². The SMILES string of the molecule is COc1cc(C2CCCCC2=O)c(Br)c(Br)c1OC. The minimum Gasteiger partial charge on any atom is -0.493 e. The lowest BCUT2D eigenvalue weighted by Crippen LogP contribution is -2.17. The van der Waals surface area contributed by atoms with Crippen molar-refractivity contribution in [3.05, 3.63) is 20.6 Å². The lowest BCUT2D eigenvalue weighted by atomic mass is 9.83. The van der Waals surface area contributed by atoms with Gasteiger partial charge in [0.2, 0.25) is 0 Å². The normalized spacial score (nSPS) is 19.4. The third kappa shape index (κ3) is 2.82. The zero-order chi connectivity index (χ0) is 14.0. The van der Waals surface area contributed by atoms with Crippen molar-refractivity contribution >= 4 is 37.6 Å². The van der Waals surface area contributed by atoms with E-state index in [1.54, 1.807) is 14.2 Å². The second kappa shape index (κ2) is 6.27. The van der Waals surface area contributed by atoms with E-state index in [-0.39, 0.29) is 5.92 Å². The minimum atomic E-state index is -0.0424. The van der Waals surface area contributed by atoms with Gasteiger partial charge >= 0.3 is 0 Å². The van der Waals surface area contributed by atoms with Crippen molar-refractivity contribution in [1.82, 2.24) is 0 Å². The zero-order valence-corrected chi connectivity index (χ0v) is 14.1. The van der Waals surface area contributed by atoms with Gasteiger partial charge in [-0.1, -0.05) is 6.42 Å². The second-order valence-electron chi connectivity index (χ2n) is 4.59. The van der Waals surface area contributed by atoms with Gasteiger partial charge in [-0.25, -0.2) is 0 Å². The van der Waals surface area contributed by atoms with Crippen molar-refractivity contribution < 1.29 is 14.3 Å². The van der Waals surface area contributed by atoms with Crippen LogP contribution in [0.5, 0.6) is 11.5 Å². The molecule has 1 aliphatic carbocycles. The third-order valence-corrected chi connectivity index (χ3v) is 5.65. The first-order valence-corrected chi connectivity index (χ1v) is 7.81. The van der Waals surface area contributed by atoms with Crippen LogP contribution in [0.3, 0.4) is 0 Å². The monoisotopic (exact) mass is 390 g/mol. The summed E-state index contributed by atoms with van der Waals surface area (Å²) in [6.07, 6.45) is 3.67. The molecule has 0 amide bonds. The second-order valence-corrected chi connectivity index (χ2v) is 6.18. The molecule has 0 radical (unpaired) electrons. The number of halogens is 2. The number of methoxy groups -OCH3 is 2. The first-order chi connectivity index (χ1) is 9.10.